The highest BCUT2D eigenvalue weighted by Crippen LogP contribution is 2.31. The van der Waals surface area contributed by atoms with Crippen LogP contribution < -0.4 is 0 Å². The van der Waals surface area contributed by atoms with Crippen LogP contribution in [0.5, 0.6) is 0 Å². The average Bonchev–Trinajstić information content (AvgIpc) is 2.70. The first kappa shape index (κ1) is 24.8. The van der Waals surface area contributed by atoms with Crippen molar-refractivity contribution in [3.63, 3.8) is 0 Å². The van der Waals surface area contributed by atoms with E-state index < -0.39 is 16.7 Å². The minimum absolute atomic E-state index is 0.115. The lowest BCUT2D eigenvalue weighted by Gasteiger charge is -2.28. The van der Waals surface area contributed by atoms with E-state index in [2.05, 4.69) is 5.16 Å². The highest BCUT2D eigenvalue weighted by atomic mass is 35.5. The monoisotopic (exact) mass is 471 g/mol. The number of hydrogen-bond acceptors (Lipinski definition) is 5. The van der Waals surface area contributed by atoms with Crippen molar-refractivity contribution < 1.29 is 18.6 Å². The minimum Gasteiger partial charge on any atom is -0.392 e. The number of benzene rings is 1. The predicted molar refractivity (Wildman–Crippen MR) is 121 cm³/mol. The predicted octanol–water partition coefficient (Wildman–Crippen LogP) is 5.32. The summed E-state index contributed by atoms with van der Waals surface area (Å²) in [5, 5.41) is 4.45. The third-order valence-electron chi connectivity index (χ3n) is 4.98. The molecular formula is C22H27Cl2NO4S. The van der Waals surface area contributed by atoms with Crippen LogP contribution >= 0.6 is 23.2 Å². The van der Waals surface area contributed by atoms with Gasteiger partial charge in [-0.3, -0.25) is 13.8 Å². The number of halogens is 2. The first-order valence-corrected chi connectivity index (χ1v) is 12.1. The molecule has 0 saturated heterocycles. The fourth-order valence-corrected chi connectivity index (χ4v) is 5.17. The maximum absolute atomic E-state index is 12.8. The van der Waals surface area contributed by atoms with E-state index in [0.717, 1.165) is 6.42 Å². The van der Waals surface area contributed by atoms with Gasteiger partial charge in [0.05, 0.1) is 16.5 Å². The first-order chi connectivity index (χ1) is 14.4. The summed E-state index contributed by atoms with van der Waals surface area (Å²) in [7, 11) is -1.23. The lowest BCUT2D eigenvalue weighted by atomic mass is 9.75. The molecule has 0 spiro atoms. The van der Waals surface area contributed by atoms with Crippen LogP contribution in [-0.2, 0) is 25.2 Å². The Bertz CT molecular complexity index is 805. The maximum atomic E-state index is 12.8. The van der Waals surface area contributed by atoms with Crippen molar-refractivity contribution in [2.45, 2.75) is 56.1 Å². The molecule has 1 aromatic carbocycles. The maximum Gasteiger partial charge on any atom is 0.149 e. The van der Waals surface area contributed by atoms with Crippen molar-refractivity contribution in [1.82, 2.24) is 0 Å². The lowest BCUT2D eigenvalue weighted by Crippen LogP contribution is -2.39. The van der Waals surface area contributed by atoms with E-state index in [1.165, 1.54) is 5.54 Å². The van der Waals surface area contributed by atoms with E-state index in [9.17, 15) is 13.8 Å². The SMILES string of the molecule is CCCC(=NOCC=CCl)C1C(=O)CC(CC(C)S(=O)c2ccc(Cl)cc2)CC1=O. The van der Waals surface area contributed by atoms with Gasteiger partial charge < -0.3 is 4.84 Å². The van der Waals surface area contributed by atoms with Crippen molar-refractivity contribution in [1.29, 1.82) is 0 Å². The number of hydrogen-bond donors (Lipinski definition) is 0. The third-order valence-corrected chi connectivity index (χ3v) is 7.07. The van der Waals surface area contributed by atoms with Crippen molar-refractivity contribution >= 4 is 51.3 Å². The van der Waals surface area contributed by atoms with Crippen LogP contribution in [0.4, 0.5) is 0 Å². The van der Waals surface area contributed by atoms with Gasteiger partial charge in [0.25, 0.3) is 0 Å². The van der Waals surface area contributed by atoms with Gasteiger partial charge in [-0.15, -0.1) is 0 Å². The summed E-state index contributed by atoms with van der Waals surface area (Å²) < 4.78 is 12.8. The molecule has 0 radical (unpaired) electrons. The standard InChI is InChI=1S/C22H27Cl2NO4S/c1-3-5-19(25-29-11-4-10-23)22-20(26)13-16(14-21(22)27)12-15(2)30(28)18-8-6-17(24)7-9-18/h4,6-10,15-16,22H,3,5,11-14H2,1-2H3. The van der Waals surface area contributed by atoms with Crippen molar-refractivity contribution in [2.24, 2.45) is 17.0 Å². The fraction of sp³-hybridized carbons (Fsp3) is 0.500. The second-order valence-electron chi connectivity index (χ2n) is 7.43. The molecule has 5 nitrogen and oxygen atoms in total. The van der Waals surface area contributed by atoms with E-state index in [4.69, 9.17) is 28.0 Å². The Kier molecular flexibility index (Phi) is 10.2. The summed E-state index contributed by atoms with van der Waals surface area (Å²) >= 11 is 11.3. The summed E-state index contributed by atoms with van der Waals surface area (Å²) in [6.45, 7) is 4.03. The molecule has 2 atom stereocenters. The summed E-state index contributed by atoms with van der Waals surface area (Å²) in [5.74, 6) is -1.22. The van der Waals surface area contributed by atoms with Gasteiger partial charge in [-0.25, -0.2) is 0 Å². The van der Waals surface area contributed by atoms with E-state index in [1.54, 1.807) is 30.3 Å². The summed E-state index contributed by atoms with van der Waals surface area (Å²) in [6, 6.07) is 6.91. The Balaban J connectivity index is 2.02. The highest BCUT2D eigenvalue weighted by Gasteiger charge is 2.39. The number of Topliss-reactive ketones (excluding diaryl/α,β-unsaturated/α-hetero) is 2. The molecule has 2 rings (SSSR count). The molecule has 0 heterocycles. The Morgan fingerprint density at radius 3 is 2.47 bits per heavy atom. The van der Waals surface area contributed by atoms with Crippen LogP contribution in [0.2, 0.25) is 5.02 Å². The van der Waals surface area contributed by atoms with Gasteiger partial charge in [0, 0.05) is 33.5 Å². The van der Waals surface area contributed by atoms with Gasteiger partial charge in [0.2, 0.25) is 0 Å². The summed E-state index contributed by atoms with van der Waals surface area (Å²) in [5.41, 5.74) is 1.80. The second kappa shape index (κ2) is 12.4. The van der Waals surface area contributed by atoms with Gasteiger partial charge >= 0.3 is 0 Å². The molecule has 164 valence electrons. The molecule has 1 saturated carbocycles. The molecule has 0 aromatic heterocycles. The van der Waals surface area contributed by atoms with E-state index in [0.29, 0.717) is 28.5 Å². The van der Waals surface area contributed by atoms with Crippen LogP contribution in [-0.4, -0.2) is 33.3 Å². The molecule has 0 N–H and O–H groups in total. The zero-order valence-electron chi connectivity index (χ0n) is 17.2. The fourth-order valence-electron chi connectivity index (χ4n) is 3.65. The smallest absolute Gasteiger partial charge is 0.149 e. The van der Waals surface area contributed by atoms with Crippen LogP contribution in [0.15, 0.2) is 45.9 Å². The summed E-state index contributed by atoms with van der Waals surface area (Å²) in [4.78, 5) is 31.5. The molecule has 0 bridgehead atoms. The molecule has 2 unspecified atom stereocenters. The van der Waals surface area contributed by atoms with Crippen LogP contribution in [0, 0.1) is 11.8 Å². The number of carbonyl (C=O) groups excluding carboxylic acids is 2. The van der Waals surface area contributed by atoms with Crippen LogP contribution in [0.25, 0.3) is 0 Å². The molecule has 1 fully saturated rings. The molecule has 0 aliphatic heterocycles. The lowest BCUT2D eigenvalue weighted by molar-refractivity contribution is -0.134. The molecule has 1 aliphatic rings. The Morgan fingerprint density at radius 2 is 1.90 bits per heavy atom. The van der Waals surface area contributed by atoms with Gasteiger partial charge in [0.15, 0.2) is 0 Å². The normalized spacial score (nSPS) is 22.3. The van der Waals surface area contributed by atoms with Crippen molar-refractivity contribution in [3.8, 4) is 0 Å². The molecule has 8 heteroatoms. The number of nitrogens with zero attached hydrogens (tertiary/aromatic N) is 1. The Morgan fingerprint density at radius 1 is 1.27 bits per heavy atom. The quantitative estimate of drug-likeness (QED) is 0.200. The number of carbonyl (C=O) groups is 2. The molecule has 1 aliphatic carbocycles. The minimum atomic E-state index is -1.23. The van der Waals surface area contributed by atoms with E-state index >= 15 is 0 Å². The van der Waals surface area contributed by atoms with Gasteiger partial charge in [-0.1, -0.05) is 48.6 Å². The van der Waals surface area contributed by atoms with E-state index in [1.807, 2.05) is 13.8 Å². The van der Waals surface area contributed by atoms with Crippen LogP contribution in [0.3, 0.4) is 0 Å². The van der Waals surface area contributed by atoms with Crippen molar-refractivity contribution in [2.75, 3.05) is 6.61 Å². The van der Waals surface area contributed by atoms with Crippen molar-refractivity contribution in [3.05, 3.63) is 40.9 Å². The topological polar surface area (TPSA) is 72.8 Å². The van der Waals surface area contributed by atoms with Gasteiger partial charge in [-0.2, -0.15) is 0 Å². The Labute approximate surface area is 190 Å². The van der Waals surface area contributed by atoms with Crippen LogP contribution in [0.1, 0.15) is 46.0 Å². The average molecular weight is 472 g/mol. The van der Waals surface area contributed by atoms with E-state index in [-0.39, 0.29) is 42.2 Å². The molecule has 1 aromatic rings. The number of rotatable bonds is 10. The third kappa shape index (κ3) is 7.03. The number of ketones is 2. The molecule has 30 heavy (non-hydrogen) atoms. The van der Waals surface area contributed by atoms with Gasteiger partial charge in [0.1, 0.15) is 24.1 Å². The summed E-state index contributed by atoms with van der Waals surface area (Å²) in [6.07, 6.45) is 3.96. The Hall–Kier alpha value is -1.50. The largest absolute Gasteiger partial charge is 0.392 e. The molecule has 0 amide bonds. The first-order valence-electron chi connectivity index (χ1n) is 10.0. The highest BCUT2D eigenvalue weighted by molar-refractivity contribution is 7.85. The van der Waals surface area contributed by atoms with Gasteiger partial charge in [-0.05, 0) is 49.1 Å². The number of oxime groups is 1. The zero-order chi connectivity index (χ0) is 22.1. The second-order valence-corrected chi connectivity index (χ2v) is 9.99. The zero-order valence-corrected chi connectivity index (χ0v) is 19.5. The molecular weight excluding hydrogens is 445 g/mol.